The van der Waals surface area contributed by atoms with Gasteiger partial charge in [0.2, 0.25) is 0 Å². The van der Waals surface area contributed by atoms with Crippen molar-refractivity contribution in [3.63, 3.8) is 0 Å². The number of benzene rings is 1. The lowest BCUT2D eigenvalue weighted by atomic mass is 10.1. The summed E-state index contributed by atoms with van der Waals surface area (Å²) in [5.41, 5.74) is -2.60. The van der Waals surface area contributed by atoms with E-state index in [1.807, 2.05) is 0 Å². The maximum Gasteiger partial charge on any atom is 0.416 e. The van der Waals surface area contributed by atoms with E-state index < -0.39 is 23.5 Å². The Bertz CT molecular complexity index is 297. The van der Waals surface area contributed by atoms with Crippen LogP contribution in [-0.2, 0) is 12.4 Å². The van der Waals surface area contributed by atoms with Gasteiger partial charge in [-0.05, 0) is 18.2 Å². The van der Waals surface area contributed by atoms with Crippen LogP contribution < -0.4 is 0 Å². The monoisotopic (exact) mass is 250 g/mol. The maximum atomic E-state index is 12.0. The smallest absolute Gasteiger partial charge is 0.166 e. The topological polar surface area (TPSA) is 0 Å². The largest absolute Gasteiger partial charge is 0.416 e. The SMILES string of the molecule is Cl.FC(F)(F)c1cccc(C(F)(F)F)c1. The normalized spacial score (nSPS) is 12.1. The second-order valence-corrected chi connectivity index (χ2v) is 2.58. The molecule has 0 heterocycles. The predicted molar refractivity (Wildman–Crippen MR) is 43.7 cm³/mol. The van der Waals surface area contributed by atoms with E-state index in [0.717, 1.165) is 6.07 Å². The summed E-state index contributed by atoms with van der Waals surface area (Å²) in [4.78, 5) is 0. The fourth-order valence-corrected chi connectivity index (χ4v) is 0.872. The van der Waals surface area contributed by atoms with E-state index in [-0.39, 0.29) is 18.5 Å². The van der Waals surface area contributed by atoms with Crippen LogP contribution in [-0.4, -0.2) is 0 Å². The molecule has 0 nitrogen and oxygen atoms in total. The lowest BCUT2D eigenvalue weighted by Crippen LogP contribution is -2.09. The molecule has 0 atom stereocenters. The Morgan fingerprint density at radius 1 is 0.733 bits per heavy atom. The molecular formula is C8H5ClF6. The first kappa shape index (κ1) is 14.1. The van der Waals surface area contributed by atoms with Crippen LogP contribution >= 0.6 is 12.4 Å². The van der Waals surface area contributed by atoms with Gasteiger partial charge in [0.25, 0.3) is 0 Å². The van der Waals surface area contributed by atoms with Gasteiger partial charge in [-0.15, -0.1) is 12.4 Å². The van der Waals surface area contributed by atoms with Crippen LogP contribution in [0.3, 0.4) is 0 Å². The van der Waals surface area contributed by atoms with E-state index in [9.17, 15) is 26.3 Å². The zero-order chi connectivity index (χ0) is 11.0. The summed E-state index contributed by atoms with van der Waals surface area (Å²) in [7, 11) is 0. The minimum Gasteiger partial charge on any atom is -0.166 e. The molecule has 86 valence electrons. The van der Waals surface area contributed by atoms with Gasteiger partial charge < -0.3 is 0 Å². The van der Waals surface area contributed by atoms with Crippen LogP contribution in [0.5, 0.6) is 0 Å². The number of rotatable bonds is 0. The van der Waals surface area contributed by atoms with Gasteiger partial charge >= 0.3 is 12.4 Å². The molecule has 0 saturated carbocycles. The molecule has 15 heavy (non-hydrogen) atoms. The van der Waals surface area contributed by atoms with Gasteiger partial charge in [0.05, 0.1) is 11.1 Å². The Hall–Kier alpha value is -0.910. The third-order valence-corrected chi connectivity index (χ3v) is 1.52. The average Bonchev–Trinajstić information content (AvgIpc) is 2.01. The zero-order valence-corrected chi connectivity index (χ0v) is 7.80. The van der Waals surface area contributed by atoms with Crippen LogP contribution in [0.15, 0.2) is 24.3 Å². The molecule has 0 bridgehead atoms. The van der Waals surface area contributed by atoms with E-state index in [4.69, 9.17) is 0 Å². The first-order valence-corrected chi connectivity index (χ1v) is 3.46. The molecule has 0 unspecified atom stereocenters. The Labute approximate surface area is 87.3 Å². The molecule has 1 aromatic rings. The molecule has 0 aliphatic rings. The van der Waals surface area contributed by atoms with Gasteiger partial charge in [-0.2, -0.15) is 26.3 Å². The molecule has 1 rings (SSSR count). The highest BCUT2D eigenvalue weighted by molar-refractivity contribution is 5.85. The van der Waals surface area contributed by atoms with Crippen molar-refractivity contribution >= 4 is 12.4 Å². The molecular weight excluding hydrogens is 246 g/mol. The Morgan fingerprint density at radius 2 is 1.07 bits per heavy atom. The van der Waals surface area contributed by atoms with Crippen molar-refractivity contribution in [2.24, 2.45) is 0 Å². The van der Waals surface area contributed by atoms with E-state index in [1.54, 1.807) is 0 Å². The number of halogens is 7. The molecule has 0 N–H and O–H groups in total. The summed E-state index contributed by atoms with van der Waals surface area (Å²) in [6.07, 6.45) is -9.50. The Kier molecular flexibility index (Phi) is 4.04. The molecule has 0 fully saturated rings. The van der Waals surface area contributed by atoms with Gasteiger partial charge in [0, 0.05) is 0 Å². The third kappa shape index (κ3) is 3.62. The summed E-state index contributed by atoms with van der Waals surface area (Å²) >= 11 is 0. The predicted octanol–water partition coefficient (Wildman–Crippen LogP) is 4.15. The standard InChI is InChI=1S/C8H4F6.ClH/c9-7(10,11)5-2-1-3-6(4-5)8(12,13)14;/h1-4H;1H. The third-order valence-electron chi connectivity index (χ3n) is 1.52. The van der Waals surface area contributed by atoms with Gasteiger partial charge in [-0.25, -0.2) is 0 Å². The summed E-state index contributed by atoms with van der Waals surface area (Å²) < 4.78 is 71.9. The highest BCUT2D eigenvalue weighted by Gasteiger charge is 2.35. The van der Waals surface area contributed by atoms with Crippen molar-refractivity contribution < 1.29 is 26.3 Å². The molecule has 0 aliphatic carbocycles. The first-order chi connectivity index (χ1) is 6.21. The summed E-state index contributed by atoms with van der Waals surface area (Å²) in [6, 6.07) is 2.00. The summed E-state index contributed by atoms with van der Waals surface area (Å²) in [5.74, 6) is 0. The van der Waals surface area contributed by atoms with Crippen LogP contribution in [0, 0.1) is 0 Å². The first-order valence-electron chi connectivity index (χ1n) is 3.46. The van der Waals surface area contributed by atoms with Crippen LogP contribution in [0.4, 0.5) is 26.3 Å². The molecule has 0 saturated heterocycles. The van der Waals surface area contributed by atoms with Crippen molar-refractivity contribution in [3.8, 4) is 0 Å². The van der Waals surface area contributed by atoms with Gasteiger partial charge in [-0.1, -0.05) is 6.07 Å². The van der Waals surface area contributed by atoms with E-state index >= 15 is 0 Å². The molecule has 1 aromatic carbocycles. The molecule has 0 amide bonds. The van der Waals surface area contributed by atoms with Gasteiger partial charge in [0.1, 0.15) is 0 Å². The van der Waals surface area contributed by atoms with Crippen LogP contribution in [0.2, 0.25) is 0 Å². The zero-order valence-electron chi connectivity index (χ0n) is 6.99. The number of alkyl halides is 6. The van der Waals surface area contributed by atoms with E-state index in [0.29, 0.717) is 12.1 Å². The second-order valence-electron chi connectivity index (χ2n) is 2.58. The summed E-state index contributed by atoms with van der Waals surface area (Å²) in [6.45, 7) is 0. The van der Waals surface area contributed by atoms with Crippen molar-refractivity contribution in [1.82, 2.24) is 0 Å². The fourth-order valence-electron chi connectivity index (χ4n) is 0.872. The van der Waals surface area contributed by atoms with E-state index in [2.05, 4.69) is 0 Å². The number of hydrogen-bond donors (Lipinski definition) is 0. The molecule has 7 heteroatoms. The minimum absolute atomic E-state index is 0. The van der Waals surface area contributed by atoms with Crippen molar-refractivity contribution in [2.75, 3.05) is 0 Å². The highest BCUT2D eigenvalue weighted by Crippen LogP contribution is 2.34. The molecule has 0 aliphatic heterocycles. The Balaban J connectivity index is 0.00000196. The number of hydrogen-bond acceptors (Lipinski definition) is 0. The average molecular weight is 251 g/mol. The quantitative estimate of drug-likeness (QED) is 0.607. The fraction of sp³-hybridized carbons (Fsp3) is 0.250. The highest BCUT2D eigenvalue weighted by atomic mass is 35.5. The van der Waals surface area contributed by atoms with Crippen LogP contribution in [0.25, 0.3) is 0 Å². The van der Waals surface area contributed by atoms with Crippen molar-refractivity contribution in [2.45, 2.75) is 12.4 Å². The molecule has 0 spiro atoms. The van der Waals surface area contributed by atoms with Crippen LogP contribution in [0.1, 0.15) is 11.1 Å². The summed E-state index contributed by atoms with van der Waals surface area (Å²) in [5, 5.41) is 0. The Morgan fingerprint density at radius 3 is 1.33 bits per heavy atom. The van der Waals surface area contributed by atoms with E-state index in [1.165, 1.54) is 0 Å². The lowest BCUT2D eigenvalue weighted by molar-refractivity contribution is -0.143. The second kappa shape index (κ2) is 4.30. The lowest BCUT2D eigenvalue weighted by Gasteiger charge is -2.10. The molecule has 0 aromatic heterocycles. The van der Waals surface area contributed by atoms with Gasteiger partial charge in [-0.3, -0.25) is 0 Å². The molecule has 0 radical (unpaired) electrons. The minimum atomic E-state index is -4.75. The maximum absolute atomic E-state index is 12.0. The van der Waals surface area contributed by atoms with Crippen molar-refractivity contribution in [3.05, 3.63) is 35.4 Å². The van der Waals surface area contributed by atoms with Gasteiger partial charge in [0.15, 0.2) is 0 Å². The van der Waals surface area contributed by atoms with Crippen molar-refractivity contribution in [1.29, 1.82) is 0 Å².